The molecule has 0 N–H and O–H groups in total. The Hall–Kier alpha value is -1.82. The Bertz CT molecular complexity index is 615. The SMILES string of the molecule is CN(C(=O)c1cccnc1Cl)[C@@H]1CCCN(C(=O)OC(C)(C)C)C1. The summed E-state index contributed by atoms with van der Waals surface area (Å²) in [5, 5.41) is 0.189. The molecule has 0 aliphatic carbocycles. The molecule has 2 amide bonds. The van der Waals surface area contributed by atoms with Gasteiger partial charge in [0.05, 0.1) is 5.56 Å². The van der Waals surface area contributed by atoms with Gasteiger partial charge >= 0.3 is 6.09 Å². The van der Waals surface area contributed by atoms with E-state index in [-0.39, 0.29) is 23.2 Å². The molecule has 1 fully saturated rings. The predicted octanol–water partition coefficient (Wildman–Crippen LogP) is 3.21. The second kappa shape index (κ2) is 7.38. The normalized spacial score (nSPS) is 18.2. The first-order valence-corrected chi connectivity index (χ1v) is 8.42. The van der Waals surface area contributed by atoms with Crippen LogP contribution in [0.25, 0.3) is 0 Å². The highest BCUT2D eigenvalue weighted by Gasteiger charge is 2.31. The van der Waals surface area contributed by atoms with Gasteiger partial charge in [0.25, 0.3) is 5.91 Å². The Balaban J connectivity index is 2.05. The molecule has 0 aromatic carbocycles. The van der Waals surface area contributed by atoms with Crippen molar-refractivity contribution in [1.29, 1.82) is 0 Å². The van der Waals surface area contributed by atoms with Gasteiger partial charge in [-0.1, -0.05) is 11.6 Å². The average Bonchev–Trinajstić information content (AvgIpc) is 2.52. The van der Waals surface area contributed by atoms with Crippen molar-refractivity contribution >= 4 is 23.6 Å². The van der Waals surface area contributed by atoms with Gasteiger partial charge < -0.3 is 14.5 Å². The zero-order valence-electron chi connectivity index (χ0n) is 14.6. The molecule has 0 spiro atoms. The number of carbonyl (C=O) groups excluding carboxylic acids is 2. The molecule has 0 unspecified atom stereocenters. The number of carbonyl (C=O) groups is 2. The second-order valence-corrected chi connectivity index (χ2v) is 7.34. The van der Waals surface area contributed by atoms with E-state index in [0.29, 0.717) is 18.7 Å². The summed E-state index contributed by atoms with van der Waals surface area (Å²) < 4.78 is 5.42. The third-order valence-electron chi connectivity index (χ3n) is 3.91. The molecule has 1 atom stereocenters. The van der Waals surface area contributed by atoms with Gasteiger partial charge in [-0.2, -0.15) is 0 Å². The van der Waals surface area contributed by atoms with Crippen LogP contribution in [0, 0.1) is 0 Å². The minimum atomic E-state index is -0.533. The largest absolute Gasteiger partial charge is 0.444 e. The molecular formula is C17H24ClN3O3. The number of aromatic nitrogens is 1. The van der Waals surface area contributed by atoms with Crippen LogP contribution < -0.4 is 0 Å². The van der Waals surface area contributed by atoms with Gasteiger partial charge in [0.15, 0.2) is 0 Å². The van der Waals surface area contributed by atoms with Crippen LogP contribution in [-0.2, 0) is 4.74 Å². The molecular weight excluding hydrogens is 330 g/mol. The van der Waals surface area contributed by atoms with E-state index in [2.05, 4.69) is 4.98 Å². The summed E-state index contributed by atoms with van der Waals surface area (Å²) >= 11 is 6.01. The fourth-order valence-electron chi connectivity index (χ4n) is 2.66. The lowest BCUT2D eigenvalue weighted by atomic mass is 10.0. The van der Waals surface area contributed by atoms with E-state index in [9.17, 15) is 9.59 Å². The van der Waals surface area contributed by atoms with Gasteiger partial charge in [-0.05, 0) is 45.7 Å². The number of hydrogen-bond donors (Lipinski definition) is 0. The van der Waals surface area contributed by atoms with Crippen LogP contribution in [0.2, 0.25) is 5.15 Å². The lowest BCUT2D eigenvalue weighted by Gasteiger charge is -2.38. The summed E-state index contributed by atoms with van der Waals surface area (Å²) in [5.41, 5.74) is -0.161. The lowest BCUT2D eigenvalue weighted by Crippen LogP contribution is -2.51. The van der Waals surface area contributed by atoms with E-state index in [1.54, 1.807) is 35.2 Å². The third kappa shape index (κ3) is 4.60. The highest BCUT2D eigenvalue weighted by Crippen LogP contribution is 2.21. The Morgan fingerprint density at radius 3 is 2.75 bits per heavy atom. The fraction of sp³-hybridized carbons (Fsp3) is 0.588. The average molecular weight is 354 g/mol. The summed E-state index contributed by atoms with van der Waals surface area (Å²) in [6, 6.07) is 3.26. The van der Waals surface area contributed by atoms with E-state index < -0.39 is 5.60 Å². The molecule has 0 saturated carbocycles. The molecule has 132 valence electrons. The Morgan fingerprint density at radius 2 is 2.12 bits per heavy atom. The Labute approximate surface area is 147 Å². The first kappa shape index (κ1) is 18.5. The summed E-state index contributed by atoms with van der Waals surface area (Å²) in [4.78, 5) is 32.1. The summed E-state index contributed by atoms with van der Waals surface area (Å²) in [5.74, 6) is -0.191. The monoisotopic (exact) mass is 353 g/mol. The van der Waals surface area contributed by atoms with E-state index in [0.717, 1.165) is 12.8 Å². The number of ether oxygens (including phenoxy) is 1. The molecule has 1 aliphatic rings. The summed E-state index contributed by atoms with van der Waals surface area (Å²) in [6.07, 6.45) is 2.86. The van der Waals surface area contributed by atoms with Crippen molar-refractivity contribution in [3.8, 4) is 0 Å². The molecule has 1 aliphatic heterocycles. The van der Waals surface area contributed by atoms with Crippen LogP contribution in [-0.4, -0.2) is 58.6 Å². The van der Waals surface area contributed by atoms with Crippen LogP contribution in [0.4, 0.5) is 4.79 Å². The number of hydrogen-bond acceptors (Lipinski definition) is 4. The van der Waals surface area contributed by atoms with Gasteiger partial charge in [0.2, 0.25) is 0 Å². The number of amides is 2. The maximum absolute atomic E-state index is 12.6. The smallest absolute Gasteiger partial charge is 0.410 e. The van der Waals surface area contributed by atoms with Gasteiger partial charge in [-0.25, -0.2) is 9.78 Å². The fourth-order valence-corrected chi connectivity index (χ4v) is 2.86. The molecule has 1 saturated heterocycles. The minimum Gasteiger partial charge on any atom is -0.444 e. The van der Waals surface area contributed by atoms with Gasteiger partial charge in [0.1, 0.15) is 10.8 Å². The van der Waals surface area contributed by atoms with Crippen molar-refractivity contribution in [2.24, 2.45) is 0 Å². The maximum Gasteiger partial charge on any atom is 0.410 e. The van der Waals surface area contributed by atoms with Crippen LogP contribution in [0.5, 0.6) is 0 Å². The van der Waals surface area contributed by atoms with Crippen molar-refractivity contribution < 1.29 is 14.3 Å². The first-order valence-electron chi connectivity index (χ1n) is 8.04. The molecule has 6 nitrogen and oxygen atoms in total. The third-order valence-corrected chi connectivity index (χ3v) is 4.21. The number of likely N-dealkylation sites (tertiary alicyclic amines) is 1. The Kier molecular flexibility index (Phi) is 5.70. The lowest BCUT2D eigenvalue weighted by molar-refractivity contribution is 0.0123. The van der Waals surface area contributed by atoms with Crippen molar-refractivity contribution in [3.63, 3.8) is 0 Å². The molecule has 1 aromatic heterocycles. The quantitative estimate of drug-likeness (QED) is 0.766. The highest BCUT2D eigenvalue weighted by molar-refractivity contribution is 6.32. The molecule has 24 heavy (non-hydrogen) atoms. The summed E-state index contributed by atoms with van der Waals surface area (Å²) in [7, 11) is 1.73. The molecule has 7 heteroatoms. The highest BCUT2D eigenvalue weighted by atomic mass is 35.5. The number of likely N-dealkylation sites (N-methyl/N-ethyl adjacent to an activating group) is 1. The van der Waals surface area contributed by atoms with Crippen LogP contribution >= 0.6 is 11.6 Å². The summed E-state index contributed by atoms with van der Waals surface area (Å²) in [6.45, 7) is 6.61. The van der Waals surface area contributed by atoms with Crippen LogP contribution in [0.3, 0.4) is 0 Å². The number of nitrogens with zero attached hydrogens (tertiary/aromatic N) is 3. The molecule has 1 aromatic rings. The van der Waals surface area contributed by atoms with Gasteiger partial charge in [0, 0.05) is 32.4 Å². The maximum atomic E-state index is 12.6. The number of rotatable bonds is 2. The van der Waals surface area contributed by atoms with Gasteiger partial charge in [-0.15, -0.1) is 0 Å². The van der Waals surface area contributed by atoms with Crippen molar-refractivity contribution in [3.05, 3.63) is 29.0 Å². The Morgan fingerprint density at radius 1 is 1.42 bits per heavy atom. The van der Waals surface area contributed by atoms with E-state index in [4.69, 9.17) is 16.3 Å². The number of halogens is 1. The minimum absolute atomic E-state index is 0.0740. The number of piperidine rings is 1. The zero-order chi connectivity index (χ0) is 17.9. The van der Waals surface area contributed by atoms with E-state index in [1.165, 1.54) is 0 Å². The zero-order valence-corrected chi connectivity index (χ0v) is 15.3. The topological polar surface area (TPSA) is 62.7 Å². The van der Waals surface area contributed by atoms with Gasteiger partial charge in [-0.3, -0.25) is 4.79 Å². The molecule has 2 rings (SSSR count). The van der Waals surface area contributed by atoms with E-state index in [1.807, 2.05) is 20.8 Å². The first-order chi connectivity index (χ1) is 11.2. The van der Waals surface area contributed by atoms with Crippen LogP contribution in [0.1, 0.15) is 44.0 Å². The van der Waals surface area contributed by atoms with Crippen molar-refractivity contribution in [2.45, 2.75) is 45.3 Å². The second-order valence-electron chi connectivity index (χ2n) is 6.98. The molecule has 2 heterocycles. The van der Waals surface area contributed by atoms with E-state index >= 15 is 0 Å². The van der Waals surface area contributed by atoms with Crippen molar-refractivity contribution in [1.82, 2.24) is 14.8 Å². The van der Waals surface area contributed by atoms with Crippen molar-refractivity contribution in [2.75, 3.05) is 20.1 Å². The van der Waals surface area contributed by atoms with Crippen LogP contribution in [0.15, 0.2) is 18.3 Å². The number of pyridine rings is 1. The molecule has 0 radical (unpaired) electrons. The standard InChI is InChI=1S/C17H24ClN3O3/c1-17(2,3)24-16(23)21-10-6-7-12(11-21)20(4)15(22)13-8-5-9-19-14(13)18/h5,8-9,12H,6-7,10-11H2,1-4H3/t12-/m1/s1. The predicted molar refractivity (Wildman–Crippen MR) is 92.2 cm³/mol. The molecule has 0 bridgehead atoms.